The van der Waals surface area contributed by atoms with Gasteiger partial charge in [0.1, 0.15) is 5.92 Å². The molecule has 0 bridgehead atoms. The molecule has 0 radical (unpaired) electrons. The summed E-state index contributed by atoms with van der Waals surface area (Å²) in [6, 6.07) is 10.7. The number of esters is 1. The Balaban J connectivity index is 1.84. The minimum Gasteiger partial charge on any atom is -0.462 e. The lowest BCUT2D eigenvalue weighted by Gasteiger charge is -2.11. The number of anilines is 1. The Morgan fingerprint density at radius 3 is 2.57 bits per heavy atom. The fourth-order valence-corrected chi connectivity index (χ4v) is 4.30. The van der Waals surface area contributed by atoms with Gasteiger partial charge in [-0.3, -0.25) is 9.79 Å². The zero-order chi connectivity index (χ0) is 21.9. The van der Waals surface area contributed by atoms with Crippen molar-refractivity contribution in [2.24, 2.45) is 4.99 Å². The minimum atomic E-state index is -3.68. The maximum Gasteiger partial charge on any atom is 0.338 e. The van der Waals surface area contributed by atoms with Gasteiger partial charge in [-0.1, -0.05) is 0 Å². The molecule has 3 rings (SSSR count). The molecular formula is C21H23N3O5S. The monoisotopic (exact) mass is 429 g/mol. The van der Waals surface area contributed by atoms with Crippen LogP contribution >= 0.6 is 0 Å². The van der Waals surface area contributed by atoms with Crippen molar-refractivity contribution in [2.75, 3.05) is 11.9 Å². The number of amides is 1. The van der Waals surface area contributed by atoms with E-state index >= 15 is 0 Å². The fraction of sp³-hybridized carbons (Fsp3) is 0.286. The quantitative estimate of drug-likeness (QED) is 0.519. The Kier molecular flexibility index (Phi) is 6.33. The molecule has 1 aliphatic rings. The molecule has 1 unspecified atom stereocenters. The highest BCUT2D eigenvalue weighted by Crippen LogP contribution is 2.33. The largest absolute Gasteiger partial charge is 0.462 e. The second-order valence-electron chi connectivity index (χ2n) is 7.04. The van der Waals surface area contributed by atoms with Gasteiger partial charge in [-0.25, -0.2) is 17.9 Å². The molecule has 1 heterocycles. The maximum atomic E-state index is 12.5. The molecule has 2 aromatic rings. The van der Waals surface area contributed by atoms with Crippen molar-refractivity contribution >= 4 is 39.5 Å². The van der Waals surface area contributed by atoms with E-state index in [1.807, 2.05) is 0 Å². The Labute approximate surface area is 175 Å². The average molecular weight is 429 g/mol. The maximum absolute atomic E-state index is 12.5. The smallest absolute Gasteiger partial charge is 0.338 e. The molecule has 8 nitrogen and oxygen atoms in total. The summed E-state index contributed by atoms with van der Waals surface area (Å²) in [7, 11) is -3.68. The third kappa shape index (κ3) is 4.74. The van der Waals surface area contributed by atoms with Crippen LogP contribution in [0.25, 0.3) is 0 Å². The lowest BCUT2D eigenvalue weighted by Crippen LogP contribution is -2.30. The molecule has 0 saturated carbocycles. The van der Waals surface area contributed by atoms with Crippen LogP contribution in [0.5, 0.6) is 0 Å². The van der Waals surface area contributed by atoms with Crippen LogP contribution in [-0.2, 0) is 19.6 Å². The van der Waals surface area contributed by atoms with Crippen molar-refractivity contribution < 1.29 is 22.7 Å². The SMILES string of the molecule is CCOC(=O)c1ccc(N=CC2C(=O)Nc3ccc(S(=O)(=O)NC(C)C)cc32)cc1. The second kappa shape index (κ2) is 8.76. The van der Waals surface area contributed by atoms with E-state index in [1.165, 1.54) is 18.3 Å². The van der Waals surface area contributed by atoms with Gasteiger partial charge in [0.15, 0.2) is 0 Å². The zero-order valence-corrected chi connectivity index (χ0v) is 17.7. The predicted molar refractivity (Wildman–Crippen MR) is 114 cm³/mol. The summed E-state index contributed by atoms with van der Waals surface area (Å²) in [5, 5.41) is 2.73. The molecule has 1 amide bonds. The number of nitrogens with zero attached hydrogens (tertiary/aromatic N) is 1. The van der Waals surface area contributed by atoms with E-state index < -0.39 is 21.9 Å². The molecule has 1 atom stereocenters. The normalized spacial score (nSPS) is 16.0. The van der Waals surface area contributed by atoms with E-state index in [0.717, 1.165) is 0 Å². The standard InChI is InChI=1S/C21H23N3O5S/c1-4-29-21(26)14-5-7-15(8-6-14)22-12-18-17-11-16(30(27,28)24-13(2)3)9-10-19(17)23-20(18)25/h5-13,18,24H,4H2,1-3H3,(H,23,25). The number of carbonyl (C=O) groups excluding carboxylic acids is 2. The van der Waals surface area contributed by atoms with E-state index in [4.69, 9.17) is 4.74 Å². The van der Waals surface area contributed by atoms with Crippen LogP contribution in [0.3, 0.4) is 0 Å². The van der Waals surface area contributed by atoms with Crippen LogP contribution in [0, 0.1) is 0 Å². The van der Waals surface area contributed by atoms with Crippen molar-refractivity contribution in [1.29, 1.82) is 0 Å². The number of benzene rings is 2. The first kappa shape index (κ1) is 21.7. The van der Waals surface area contributed by atoms with Crippen molar-refractivity contribution in [3.8, 4) is 0 Å². The van der Waals surface area contributed by atoms with Crippen LogP contribution in [0.1, 0.15) is 42.6 Å². The topological polar surface area (TPSA) is 114 Å². The summed E-state index contributed by atoms with van der Waals surface area (Å²) in [6.45, 7) is 5.49. The molecule has 0 aromatic heterocycles. The van der Waals surface area contributed by atoms with Gasteiger partial charge in [0.25, 0.3) is 0 Å². The van der Waals surface area contributed by atoms with E-state index in [2.05, 4.69) is 15.0 Å². The molecule has 0 spiro atoms. The van der Waals surface area contributed by atoms with Gasteiger partial charge >= 0.3 is 5.97 Å². The molecular weight excluding hydrogens is 406 g/mol. The number of rotatable bonds is 7. The first-order chi connectivity index (χ1) is 14.2. The lowest BCUT2D eigenvalue weighted by molar-refractivity contribution is -0.115. The Hall–Kier alpha value is -3.04. The number of hydrogen-bond donors (Lipinski definition) is 2. The highest BCUT2D eigenvalue weighted by molar-refractivity contribution is 7.89. The van der Waals surface area contributed by atoms with Gasteiger partial charge in [-0.05, 0) is 68.8 Å². The van der Waals surface area contributed by atoms with E-state index in [-0.39, 0.29) is 16.8 Å². The van der Waals surface area contributed by atoms with Crippen LogP contribution in [0.4, 0.5) is 11.4 Å². The Morgan fingerprint density at radius 2 is 1.93 bits per heavy atom. The molecule has 30 heavy (non-hydrogen) atoms. The first-order valence-electron chi connectivity index (χ1n) is 9.50. The number of sulfonamides is 1. The Morgan fingerprint density at radius 1 is 1.23 bits per heavy atom. The molecule has 158 valence electrons. The van der Waals surface area contributed by atoms with Crippen LogP contribution in [0.15, 0.2) is 52.4 Å². The van der Waals surface area contributed by atoms with Crippen molar-refractivity contribution in [1.82, 2.24) is 4.72 Å². The summed E-state index contributed by atoms with van der Waals surface area (Å²) < 4.78 is 32.4. The minimum absolute atomic E-state index is 0.0867. The number of aliphatic imine (C=N–C) groups is 1. The number of nitrogens with one attached hydrogen (secondary N) is 2. The van der Waals surface area contributed by atoms with Crippen LogP contribution < -0.4 is 10.0 Å². The van der Waals surface area contributed by atoms with Gasteiger partial charge in [-0.15, -0.1) is 0 Å². The highest BCUT2D eigenvalue weighted by atomic mass is 32.2. The van der Waals surface area contributed by atoms with Gasteiger partial charge < -0.3 is 10.1 Å². The third-order valence-corrected chi connectivity index (χ3v) is 6.01. The van der Waals surface area contributed by atoms with Crippen molar-refractivity contribution in [3.05, 3.63) is 53.6 Å². The third-order valence-electron chi connectivity index (χ3n) is 4.35. The number of carbonyl (C=O) groups is 2. The molecule has 2 aromatic carbocycles. The van der Waals surface area contributed by atoms with Crippen LogP contribution in [0.2, 0.25) is 0 Å². The number of ether oxygens (including phenoxy) is 1. The molecule has 0 saturated heterocycles. The molecule has 1 aliphatic heterocycles. The summed E-state index contributed by atoms with van der Waals surface area (Å²) in [4.78, 5) is 28.5. The predicted octanol–water partition coefficient (Wildman–Crippen LogP) is 2.99. The van der Waals surface area contributed by atoms with E-state index in [1.54, 1.807) is 51.1 Å². The average Bonchev–Trinajstić information content (AvgIpc) is 3.00. The van der Waals surface area contributed by atoms with Gasteiger partial charge in [0.2, 0.25) is 15.9 Å². The fourth-order valence-electron chi connectivity index (χ4n) is 3.02. The molecule has 0 aliphatic carbocycles. The zero-order valence-electron chi connectivity index (χ0n) is 16.9. The van der Waals surface area contributed by atoms with E-state index in [0.29, 0.717) is 29.1 Å². The number of hydrogen-bond acceptors (Lipinski definition) is 6. The Bertz CT molecular complexity index is 1090. The van der Waals surface area contributed by atoms with Crippen LogP contribution in [-0.4, -0.2) is 39.2 Å². The van der Waals surface area contributed by atoms with Gasteiger partial charge in [-0.2, -0.15) is 0 Å². The summed E-state index contributed by atoms with van der Waals surface area (Å²) >= 11 is 0. The summed E-state index contributed by atoms with van der Waals surface area (Å²) in [5.74, 6) is -1.43. The van der Waals surface area contributed by atoms with E-state index in [9.17, 15) is 18.0 Å². The highest BCUT2D eigenvalue weighted by Gasteiger charge is 2.31. The summed E-state index contributed by atoms with van der Waals surface area (Å²) in [5.41, 5.74) is 2.05. The number of fused-ring (bicyclic) bond motifs is 1. The summed E-state index contributed by atoms with van der Waals surface area (Å²) in [6.07, 6.45) is 1.47. The second-order valence-corrected chi connectivity index (χ2v) is 8.75. The molecule has 9 heteroatoms. The van der Waals surface area contributed by atoms with Crippen molar-refractivity contribution in [3.63, 3.8) is 0 Å². The van der Waals surface area contributed by atoms with Crippen molar-refractivity contribution in [2.45, 2.75) is 37.6 Å². The molecule has 0 fully saturated rings. The molecule has 2 N–H and O–H groups in total. The lowest BCUT2D eigenvalue weighted by atomic mass is 10.0. The van der Waals surface area contributed by atoms with Gasteiger partial charge in [0, 0.05) is 17.9 Å². The van der Waals surface area contributed by atoms with Gasteiger partial charge in [0.05, 0.1) is 22.8 Å². The first-order valence-corrected chi connectivity index (χ1v) is 11.0.